The molecule has 1 heterocycles. The largest absolute Gasteiger partial charge is 0.259 e. The number of azo groups is 1. The number of pyridine rings is 1. The van der Waals surface area contributed by atoms with Gasteiger partial charge in [-0.15, -0.1) is 10.2 Å². The van der Waals surface area contributed by atoms with Crippen LogP contribution in [0.2, 0.25) is 0 Å². The highest BCUT2D eigenvalue weighted by Crippen LogP contribution is 2.12. The minimum atomic E-state index is 0.486. The van der Waals surface area contributed by atoms with Crippen molar-refractivity contribution in [2.24, 2.45) is 15.3 Å². The van der Waals surface area contributed by atoms with Gasteiger partial charge in [0.2, 0.25) is 5.84 Å². The van der Waals surface area contributed by atoms with Crippen molar-refractivity contribution in [3.8, 4) is 0 Å². The fourth-order valence-corrected chi connectivity index (χ4v) is 1.87. The molecule has 23 heavy (non-hydrogen) atoms. The lowest BCUT2D eigenvalue weighted by molar-refractivity contribution is 1.19. The predicted octanol–water partition coefficient (Wildman–Crippen LogP) is 4.64. The number of amidine groups is 1. The van der Waals surface area contributed by atoms with Gasteiger partial charge in [0.1, 0.15) is 5.82 Å². The van der Waals surface area contributed by atoms with Crippen LogP contribution in [0.1, 0.15) is 5.56 Å². The molecule has 0 atom stereocenters. The zero-order chi connectivity index (χ0) is 15.7. The summed E-state index contributed by atoms with van der Waals surface area (Å²) >= 11 is 0. The van der Waals surface area contributed by atoms with Crippen molar-refractivity contribution in [1.29, 1.82) is 0 Å². The Morgan fingerprint density at radius 2 is 1.48 bits per heavy atom. The number of rotatable bonds is 4. The normalized spacial score (nSPS) is 11.6. The van der Waals surface area contributed by atoms with E-state index in [9.17, 15) is 0 Å². The van der Waals surface area contributed by atoms with Gasteiger partial charge in [-0.25, -0.2) is 4.98 Å². The molecule has 2 aromatic carbocycles. The van der Waals surface area contributed by atoms with Crippen molar-refractivity contribution in [2.75, 3.05) is 5.43 Å². The minimum Gasteiger partial charge on any atom is -0.259 e. The average Bonchev–Trinajstić information content (AvgIpc) is 2.64. The molecule has 0 radical (unpaired) electrons. The summed E-state index contributed by atoms with van der Waals surface area (Å²) in [5.74, 6) is 1.14. The smallest absolute Gasteiger partial charge is 0.201 e. The molecule has 0 saturated carbocycles. The van der Waals surface area contributed by atoms with Crippen LogP contribution in [-0.2, 0) is 0 Å². The number of aromatic nitrogens is 1. The Morgan fingerprint density at radius 3 is 2.17 bits per heavy atom. The van der Waals surface area contributed by atoms with Gasteiger partial charge < -0.3 is 0 Å². The molecule has 3 aromatic rings. The number of anilines is 1. The molecule has 0 spiro atoms. The quantitative estimate of drug-likeness (QED) is 0.330. The Balaban J connectivity index is 1.86. The summed E-state index contributed by atoms with van der Waals surface area (Å²) in [6.45, 7) is 0. The first-order valence-electron chi connectivity index (χ1n) is 7.19. The van der Waals surface area contributed by atoms with Gasteiger partial charge in [0.15, 0.2) is 0 Å². The lowest BCUT2D eigenvalue weighted by Gasteiger charge is -2.02. The summed E-state index contributed by atoms with van der Waals surface area (Å²) in [6, 6.07) is 24.8. The minimum absolute atomic E-state index is 0.486. The van der Waals surface area contributed by atoms with Crippen LogP contribution in [0, 0.1) is 0 Å². The molecule has 0 fully saturated rings. The number of hydrogen-bond donors (Lipinski definition) is 1. The van der Waals surface area contributed by atoms with E-state index in [1.807, 2.05) is 78.9 Å². The van der Waals surface area contributed by atoms with Gasteiger partial charge in [0.25, 0.3) is 0 Å². The maximum absolute atomic E-state index is 4.32. The fourth-order valence-electron chi connectivity index (χ4n) is 1.87. The molecule has 112 valence electrons. The molecule has 5 nitrogen and oxygen atoms in total. The van der Waals surface area contributed by atoms with Gasteiger partial charge in [-0.05, 0) is 24.3 Å². The second-order valence-corrected chi connectivity index (χ2v) is 4.66. The van der Waals surface area contributed by atoms with Crippen molar-refractivity contribution >= 4 is 17.3 Å². The highest BCUT2D eigenvalue weighted by molar-refractivity contribution is 5.99. The van der Waals surface area contributed by atoms with E-state index in [2.05, 4.69) is 25.7 Å². The average molecular weight is 301 g/mol. The molecule has 0 saturated heterocycles. The van der Waals surface area contributed by atoms with E-state index < -0.39 is 0 Å². The fraction of sp³-hybridized carbons (Fsp3) is 0. The van der Waals surface area contributed by atoms with Gasteiger partial charge in [-0.2, -0.15) is 5.10 Å². The van der Waals surface area contributed by atoms with Crippen LogP contribution in [0.15, 0.2) is 100 Å². The lowest BCUT2D eigenvalue weighted by atomic mass is 10.2. The summed E-state index contributed by atoms with van der Waals surface area (Å²) in [6.07, 6.45) is 1.70. The maximum atomic E-state index is 4.32. The van der Waals surface area contributed by atoms with Crippen LogP contribution in [-0.4, -0.2) is 10.8 Å². The number of hydrazone groups is 1. The number of nitrogens with zero attached hydrogens (tertiary/aromatic N) is 4. The number of nitrogens with one attached hydrogen (secondary N) is 1. The molecule has 0 aliphatic carbocycles. The maximum Gasteiger partial charge on any atom is 0.201 e. The monoisotopic (exact) mass is 301 g/mol. The number of benzene rings is 2. The van der Waals surface area contributed by atoms with E-state index in [0.29, 0.717) is 11.7 Å². The van der Waals surface area contributed by atoms with Crippen molar-refractivity contribution < 1.29 is 0 Å². The predicted molar refractivity (Wildman–Crippen MR) is 91.8 cm³/mol. The first-order valence-corrected chi connectivity index (χ1v) is 7.19. The Kier molecular flexibility index (Phi) is 4.83. The third kappa shape index (κ3) is 4.31. The van der Waals surface area contributed by atoms with Crippen molar-refractivity contribution in [3.05, 3.63) is 90.6 Å². The van der Waals surface area contributed by atoms with Crippen LogP contribution >= 0.6 is 0 Å². The summed E-state index contributed by atoms with van der Waals surface area (Å²) in [5.41, 5.74) is 4.55. The highest BCUT2D eigenvalue weighted by Gasteiger charge is 2.02. The third-order valence-electron chi connectivity index (χ3n) is 2.99. The molecule has 0 unspecified atom stereocenters. The first-order chi connectivity index (χ1) is 11.4. The van der Waals surface area contributed by atoms with E-state index in [0.717, 1.165) is 11.3 Å². The second kappa shape index (κ2) is 7.61. The SMILES string of the molecule is c1ccc(N=NC(=NNc2ccccn2)c2ccccc2)cc1. The molecule has 0 bridgehead atoms. The Hall–Kier alpha value is -3.34. The summed E-state index contributed by atoms with van der Waals surface area (Å²) < 4.78 is 0. The summed E-state index contributed by atoms with van der Waals surface area (Å²) in [5, 5.41) is 12.8. The molecule has 0 aliphatic heterocycles. The summed E-state index contributed by atoms with van der Waals surface area (Å²) in [4.78, 5) is 4.17. The van der Waals surface area contributed by atoms with Gasteiger partial charge in [0, 0.05) is 11.8 Å². The van der Waals surface area contributed by atoms with Gasteiger partial charge >= 0.3 is 0 Å². The third-order valence-corrected chi connectivity index (χ3v) is 2.99. The van der Waals surface area contributed by atoms with E-state index in [4.69, 9.17) is 0 Å². The Labute approximate surface area is 134 Å². The van der Waals surface area contributed by atoms with Gasteiger partial charge in [-0.1, -0.05) is 54.6 Å². The first kappa shape index (κ1) is 14.6. The molecule has 1 N–H and O–H groups in total. The topological polar surface area (TPSA) is 62.0 Å². The van der Waals surface area contributed by atoms with Crippen molar-refractivity contribution in [1.82, 2.24) is 4.98 Å². The van der Waals surface area contributed by atoms with Crippen LogP contribution in [0.4, 0.5) is 11.5 Å². The van der Waals surface area contributed by atoms with Crippen LogP contribution in [0.3, 0.4) is 0 Å². The van der Waals surface area contributed by atoms with E-state index >= 15 is 0 Å². The van der Waals surface area contributed by atoms with E-state index in [-0.39, 0.29) is 0 Å². The molecule has 0 aliphatic rings. The standard InChI is InChI=1S/C18H15N5/c1-3-9-15(10-4-1)18(22-20-16-11-5-2-6-12-16)23-21-17-13-7-8-14-19-17/h1-14H,(H,19,21). The Bertz CT molecular complexity index is 783. The lowest BCUT2D eigenvalue weighted by Crippen LogP contribution is -2.01. The van der Waals surface area contributed by atoms with Crippen LogP contribution in [0.25, 0.3) is 0 Å². The molecular formula is C18H15N5. The van der Waals surface area contributed by atoms with Gasteiger partial charge in [-0.3, -0.25) is 5.43 Å². The highest BCUT2D eigenvalue weighted by atomic mass is 15.4. The zero-order valence-corrected chi connectivity index (χ0v) is 12.4. The Morgan fingerprint density at radius 1 is 0.783 bits per heavy atom. The second-order valence-electron chi connectivity index (χ2n) is 4.66. The molecule has 1 aromatic heterocycles. The molecule has 5 heteroatoms. The molecule has 0 amide bonds. The van der Waals surface area contributed by atoms with Crippen LogP contribution in [0.5, 0.6) is 0 Å². The van der Waals surface area contributed by atoms with Crippen molar-refractivity contribution in [3.63, 3.8) is 0 Å². The molecular weight excluding hydrogens is 286 g/mol. The van der Waals surface area contributed by atoms with Crippen LogP contribution < -0.4 is 5.43 Å². The van der Waals surface area contributed by atoms with E-state index in [1.54, 1.807) is 6.20 Å². The number of hydrogen-bond acceptors (Lipinski definition) is 4. The van der Waals surface area contributed by atoms with E-state index in [1.165, 1.54) is 0 Å². The van der Waals surface area contributed by atoms with Gasteiger partial charge in [0.05, 0.1) is 5.69 Å². The van der Waals surface area contributed by atoms with Crippen molar-refractivity contribution in [2.45, 2.75) is 0 Å². The molecule has 3 rings (SSSR count). The summed E-state index contributed by atoms with van der Waals surface area (Å²) in [7, 11) is 0. The zero-order valence-electron chi connectivity index (χ0n) is 12.4.